The number of carbonyl (C=O) groups excluding carboxylic acids is 2. The largest absolute Gasteiger partial charge is 0.453 e. The second kappa shape index (κ2) is 5.27. The molecule has 0 spiro atoms. The molecule has 0 N–H and O–H groups in total. The fourth-order valence-electron chi connectivity index (χ4n) is 3.18. The SMILES string of the molecule is [C-]#[N+][C@@]1(C(=O)OCc2ccccc2)N2C(=O)[C@@H](C)[C@H]2SC1(C)C. The maximum Gasteiger partial charge on any atom is 0.421 e. The Morgan fingerprint density at radius 3 is 2.65 bits per heavy atom. The van der Waals surface area contributed by atoms with Crippen LogP contribution in [0.1, 0.15) is 26.3 Å². The highest BCUT2D eigenvalue weighted by molar-refractivity contribution is 8.01. The van der Waals surface area contributed by atoms with Gasteiger partial charge in [0.15, 0.2) is 0 Å². The van der Waals surface area contributed by atoms with Gasteiger partial charge in [0.1, 0.15) is 11.4 Å². The van der Waals surface area contributed by atoms with E-state index < -0.39 is 16.4 Å². The average Bonchev–Trinajstić information content (AvgIpc) is 2.78. The molecule has 5 nitrogen and oxygen atoms in total. The van der Waals surface area contributed by atoms with Crippen LogP contribution in [0.4, 0.5) is 0 Å². The van der Waals surface area contributed by atoms with Gasteiger partial charge in [-0.05, 0) is 19.4 Å². The molecule has 3 atom stereocenters. The maximum atomic E-state index is 12.8. The van der Waals surface area contributed by atoms with Crippen molar-refractivity contribution in [2.75, 3.05) is 0 Å². The zero-order valence-electron chi connectivity index (χ0n) is 13.3. The first-order valence-electron chi connectivity index (χ1n) is 7.46. The third kappa shape index (κ3) is 2.07. The van der Waals surface area contributed by atoms with Crippen molar-refractivity contribution in [1.29, 1.82) is 0 Å². The first-order chi connectivity index (χ1) is 10.8. The average molecular weight is 330 g/mol. The molecular formula is C17H18N2O3S. The van der Waals surface area contributed by atoms with Crippen LogP contribution in [0.5, 0.6) is 0 Å². The van der Waals surface area contributed by atoms with Crippen molar-refractivity contribution in [1.82, 2.24) is 4.90 Å². The Kier molecular flexibility index (Phi) is 3.64. The zero-order valence-corrected chi connectivity index (χ0v) is 14.1. The van der Waals surface area contributed by atoms with Crippen LogP contribution in [0.15, 0.2) is 30.3 Å². The number of hydrogen-bond acceptors (Lipinski definition) is 4. The van der Waals surface area contributed by atoms with Crippen LogP contribution < -0.4 is 0 Å². The van der Waals surface area contributed by atoms with E-state index >= 15 is 0 Å². The van der Waals surface area contributed by atoms with E-state index in [2.05, 4.69) is 4.85 Å². The highest BCUT2D eigenvalue weighted by Gasteiger charge is 2.78. The predicted octanol–water partition coefficient (Wildman–Crippen LogP) is 2.68. The monoisotopic (exact) mass is 330 g/mol. The summed E-state index contributed by atoms with van der Waals surface area (Å²) in [6.45, 7) is 13.2. The molecule has 3 rings (SSSR count). The van der Waals surface area contributed by atoms with E-state index in [0.717, 1.165) is 5.56 Å². The third-order valence-corrected chi connectivity index (χ3v) is 6.31. The Labute approximate surface area is 139 Å². The highest BCUT2D eigenvalue weighted by atomic mass is 32.2. The summed E-state index contributed by atoms with van der Waals surface area (Å²) in [6.07, 6.45) is 0. The first kappa shape index (κ1) is 15.9. The van der Waals surface area contributed by atoms with Crippen LogP contribution in [0.2, 0.25) is 0 Å². The van der Waals surface area contributed by atoms with Crippen molar-refractivity contribution in [3.63, 3.8) is 0 Å². The summed E-state index contributed by atoms with van der Waals surface area (Å²) < 4.78 is 4.70. The Morgan fingerprint density at radius 1 is 1.39 bits per heavy atom. The minimum atomic E-state index is -1.58. The van der Waals surface area contributed by atoms with Crippen molar-refractivity contribution in [3.05, 3.63) is 47.3 Å². The molecule has 0 unspecified atom stereocenters. The van der Waals surface area contributed by atoms with E-state index in [4.69, 9.17) is 11.3 Å². The van der Waals surface area contributed by atoms with Crippen LogP contribution in [-0.4, -0.2) is 32.6 Å². The topological polar surface area (TPSA) is 51.0 Å². The maximum absolute atomic E-state index is 12.8. The number of amides is 1. The van der Waals surface area contributed by atoms with Crippen molar-refractivity contribution in [2.45, 2.75) is 43.2 Å². The van der Waals surface area contributed by atoms with Crippen molar-refractivity contribution in [2.24, 2.45) is 5.92 Å². The summed E-state index contributed by atoms with van der Waals surface area (Å²) in [5.74, 6) is -0.956. The van der Waals surface area contributed by atoms with Gasteiger partial charge in [0.25, 0.3) is 0 Å². The zero-order chi connectivity index (χ0) is 16.8. The number of ether oxygens (including phenoxy) is 1. The Bertz CT molecular complexity index is 698. The molecule has 1 amide bonds. The van der Waals surface area contributed by atoms with Crippen LogP contribution >= 0.6 is 11.8 Å². The fourth-order valence-corrected chi connectivity index (χ4v) is 4.86. The molecule has 6 heteroatoms. The number of nitrogens with zero attached hydrogens (tertiary/aromatic N) is 2. The summed E-state index contributed by atoms with van der Waals surface area (Å²) in [4.78, 5) is 30.1. The molecule has 0 saturated carbocycles. The Hall–Kier alpha value is -2.00. The van der Waals surface area contributed by atoms with Crippen molar-refractivity contribution in [3.8, 4) is 0 Å². The van der Waals surface area contributed by atoms with Gasteiger partial charge in [-0.25, -0.2) is 16.3 Å². The van der Waals surface area contributed by atoms with E-state index in [1.807, 2.05) is 51.1 Å². The quantitative estimate of drug-likeness (QED) is 0.486. The van der Waals surface area contributed by atoms with Gasteiger partial charge < -0.3 is 4.74 Å². The molecule has 2 aliphatic heterocycles. The molecule has 0 bridgehead atoms. The normalized spacial score (nSPS) is 31.0. The van der Waals surface area contributed by atoms with Crippen molar-refractivity contribution < 1.29 is 14.3 Å². The number of rotatable bonds is 3. The summed E-state index contributed by atoms with van der Waals surface area (Å²) in [5, 5.41) is -0.129. The molecule has 2 heterocycles. The van der Waals surface area contributed by atoms with E-state index in [-0.39, 0.29) is 23.8 Å². The molecule has 0 radical (unpaired) electrons. The number of thioether (sulfide) groups is 1. The number of β-lactam (4-membered cyclic amide) rings is 1. The summed E-state index contributed by atoms with van der Waals surface area (Å²) in [7, 11) is 0. The minimum Gasteiger partial charge on any atom is -0.453 e. The molecule has 2 saturated heterocycles. The molecule has 2 fully saturated rings. The van der Waals surface area contributed by atoms with Crippen LogP contribution in [0.25, 0.3) is 4.85 Å². The molecule has 0 aliphatic carbocycles. The standard InChI is InChI=1S/C17H18N2O3S/c1-11-13(20)19-14(11)23-16(2,3)17(19,18-4)15(21)22-10-12-8-6-5-7-9-12/h5-9,11,14H,10H2,1-3H3/t11-,14-,17+/m1/s1. The number of carbonyl (C=O) groups is 2. The van der Waals surface area contributed by atoms with Gasteiger partial charge in [0.05, 0.1) is 11.3 Å². The van der Waals surface area contributed by atoms with Gasteiger partial charge in [-0.3, -0.25) is 9.64 Å². The Balaban J connectivity index is 1.86. The Morgan fingerprint density at radius 2 is 2.04 bits per heavy atom. The number of esters is 1. The molecule has 1 aromatic rings. The second-order valence-corrected chi connectivity index (χ2v) is 8.10. The lowest BCUT2D eigenvalue weighted by Crippen LogP contribution is -2.68. The van der Waals surface area contributed by atoms with Gasteiger partial charge in [-0.2, -0.15) is 0 Å². The van der Waals surface area contributed by atoms with E-state index in [1.54, 1.807) is 0 Å². The molecule has 0 aromatic heterocycles. The lowest BCUT2D eigenvalue weighted by molar-refractivity contribution is -0.173. The number of fused-ring (bicyclic) bond motifs is 1. The van der Waals surface area contributed by atoms with E-state index in [1.165, 1.54) is 16.7 Å². The van der Waals surface area contributed by atoms with Crippen molar-refractivity contribution >= 4 is 23.6 Å². The van der Waals surface area contributed by atoms with Gasteiger partial charge in [-0.1, -0.05) is 37.3 Å². The van der Waals surface area contributed by atoms with Gasteiger partial charge in [0, 0.05) is 0 Å². The van der Waals surface area contributed by atoms with Gasteiger partial charge in [0.2, 0.25) is 5.91 Å². The molecule has 23 heavy (non-hydrogen) atoms. The van der Waals surface area contributed by atoms with E-state index in [9.17, 15) is 9.59 Å². The fraction of sp³-hybridized carbons (Fsp3) is 0.471. The summed E-state index contributed by atoms with van der Waals surface area (Å²) in [5.41, 5.74) is -0.731. The highest BCUT2D eigenvalue weighted by Crippen LogP contribution is 2.59. The predicted molar refractivity (Wildman–Crippen MR) is 87.0 cm³/mol. The minimum absolute atomic E-state index is 0.0972. The summed E-state index contributed by atoms with van der Waals surface area (Å²) in [6, 6.07) is 9.31. The van der Waals surface area contributed by atoms with E-state index in [0.29, 0.717) is 0 Å². The molecular weight excluding hydrogens is 312 g/mol. The van der Waals surface area contributed by atoms with Crippen LogP contribution in [-0.2, 0) is 20.9 Å². The number of hydrogen-bond donors (Lipinski definition) is 0. The summed E-state index contributed by atoms with van der Waals surface area (Å²) >= 11 is 1.50. The smallest absolute Gasteiger partial charge is 0.421 e. The lowest BCUT2D eigenvalue weighted by atomic mass is 9.87. The van der Waals surface area contributed by atoms with Crippen LogP contribution in [0.3, 0.4) is 0 Å². The molecule has 1 aromatic carbocycles. The lowest BCUT2D eigenvalue weighted by Gasteiger charge is -2.42. The second-order valence-electron chi connectivity index (χ2n) is 6.36. The van der Waals surface area contributed by atoms with Gasteiger partial charge >= 0.3 is 11.6 Å². The first-order valence-corrected chi connectivity index (χ1v) is 8.34. The third-order valence-electron chi connectivity index (χ3n) is 4.57. The molecule has 2 aliphatic rings. The van der Waals surface area contributed by atoms with Crippen LogP contribution in [0, 0.1) is 12.5 Å². The van der Waals surface area contributed by atoms with Gasteiger partial charge in [-0.15, -0.1) is 11.8 Å². The molecule has 120 valence electrons. The number of benzene rings is 1.